The predicted molar refractivity (Wildman–Crippen MR) is 57.3 cm³/mol. The lowest BCUT2D eigenvalue weighted by molar-refractivity contribution is -0.122. The van der Waals surface area contributed by atoms with Crippen molar-refractivity contribution in [2.24, 2.45) is 0 Å². The van der Waals surface area contributed by atoms with Crippen molar-refractivity contribution in [3.8, 4) is 0 Å². The normalized spacial score (nSPS) is 21.3. The van der Waals surface area contributed by atoms with Crippen LogP contribution in [0.3, 0.4) is 0 Å². The Kier molecular flexibility index (Phi) is 4.55. The fraction of sp³-hybridized carbons (Fsp3) is 0.800. The van der Waals surface area contributed by atoms with Gasteiger partial charge in [-0.05, 0) is 20.3 Å². The number of hydrogen-bond donors (Lipinski definition) is 3. The van der Waals surface area contributed by atoms with Crippen LogP contribution in [-0.4, -0.2) is 37.0 Å². The van der Waals surface area contributed by atoms with Crippen molar-refractivity contribution in [1.29, 1.82) is 0 Å². The molecule has 0 spiro atoms. The first-order valence-electron chi connectivity index (χ1n) is 5.37. The molecule has 0 bridgehead atoms. The summed E-state index contributed by atoms with van der Waals surface area (Å²) in [6.45, 7) is 4.80. The zero-order chi connectivity index (χ0) is 11.3. The van der Waals surface area contributed by atoms with Gasteiger partial charge in [0, 0.05) is 25.0 Å². The summed E-state index contributed by atoms with van der Waals surface area (Å²) in [6, 6.07) is 0.394. The highest BCUT2D eigenvalue weighted by Gasteiger charge is 2.17. The fourth-order valence-corrected chi connectivity index (χ4v) is 1.52. The molecule has 1 heterocycles. The highest BCUT2D eigenvalue weighted by molar-refractivity contribution is 5.78. The monoisotopic (exact) mass is 213 g/mol. The van der Waals surface area contributed by atoms with Crippen LogP contribution < -0.4 is 16.0 Å². The maximum Gasteiger partial charge on any atom is 0.234 e. The molecule has 5 heteroatoms. The van der Waals surface area contributed by atoms with E-state index in [0.717, 1.165) is 6.42 Å². The van der Waals surface area contributed by atoms with Gasteiger partial charge in [-0.3, -0.25) is 9.59 Å². The van der Waals surface area contributed by atoms with Crippen LogP contribution >= 0.6 is 0 Å². The Balaban J connectivity index is 2.14. The average Bonchev–Trinajstić information content (AvgIpc) is 2.16. The Labute approximate surface area is 90.0 Å². The van der Waals surface area contributed by atoms with Crippen LogP contribution in [0, 0.1) is 0 Å². The van der Waals surface area contributed by atoms with Crippen LogP contribution in [-0.2, 0) is 9.59 Å². The highest BCUT2D eigenvalue weighted by Crippen LogP contribution is 2.01. The summed E-state index contributed by atoms with van der Waals surface area (Å²) in [6.07, 6.45) is 1.35. The van der Waals surface area contributed by atoms with Crippen LogP contribution in [0.15, 0.2) is 0 Å². The maximum absolute atomic E-state index is 11.3. The molecule has 0 aromatic heterocycles. The molecule has 1 fully saturated rings. The summed E-state index contributed by atoms with van der Waals surface area (Å²) in [5.74, 6) is 0.0987. The Bertz CT molecular complexity index is 231. The molecule has 1 saturated heterocycles. The number of nitrogens with one attached hydrogen (secondary N) is 3. The second kappa shape index (κ2) is 5.70. The topological polar surface area (TPSA) is 70.2 Å². The molecule has 86 valence electrons. The van der Waals surface area contributed by atoms with Crippen molar-refractivity contribution in [1.82, 2.24) is 16.0 Å². The van der Waals surface area contributed by atoms with Crippen LogP contribution in [0.4, 0.5) is 0 Å². The average molecular weight is 213 g/mol. The van der Waals surface area contributed by atoms with E-state index >= 15 is 0 Å². The number of rotatable bonds is 4. The molecule has 2 amide bonds. The van der Waals surface area contributed by atoms with E-state index in [2.05, 4.69) is 16.0 Å². The van der Waals surface area contributed by atoms with Gasteiger partial charge in [-0.25, -0.2) is 0 Å². The third-order valence-electron chi connectivity index (χ3n) is 2.27. The highest BCUT2D eigenvalue weighted by atomic mass is 16.2. The van der Waals surface area contributed by atoms with E-state index in [1.807, 2.05) is 13.8 Å². The summed E-state index contributed by atoms with van der Waals surface area (Å²) in [4.78, 5) is 22.2. The van der Waals surface area contributed by atoms with Crippen molar-refractivity contribution in [3.63, 3.8) is 0 Å². The molecule has 1 rings (SSSR count). The Hall–Kier alpha value is -1.10. The van der Waals surface area contributed by atoms with Gasteiger partial charge >= 0.3 is 0 Å². The SMILES string of the molecule is CC(C)NC(=O)CNC1CCC(=O)NC1. The lowest BCUT2D eigenvalue weighted by Gasteiger charge is -2.23. The van der Waals surface area contributed by atoms with Crippen molar-refractivity contribution < 1.29 is 9.59 Å². The molecular formula is C10H19N3O2. The second-order valence-electron chi connectivity index (χ2n) is 4.14. The molecule has 0 aromatic rings. The van der Waals surface area contributed by atoms with E-state index in [4.69, 9.17) is 0 Å². The van der Waals surface area contributed by atoms with E-state index in [9.17, 15) is 9.59 Å². The van der Waals surface area contributed by atoms with E-state index in [-0.39, 0.29) is 23.9 Å². The van der Waals surface area contributed by atoms with Crippen LogP contribution in [0.5, 0.6) is 0 Å². The Morgan fingerprint density at radius 1 is 1.60 bits per heavy atom. The van der Waals surface area contributed by atoms with Gasteiger partial charge in [0.05, 0.1) is 6.54 Å². The van der Waals surface area contributed by atoms with Gasteiger partial charge in [0.1, 0.15) is 0 Å². The van der Waals surface area contributed by atoms with Crippen molar-refractivity contribution in [3.05, 3.63) is 0 Å². The zero-order valence-corrected chi connectivity index (χ0v) is 9.30. The molecule has 1 unspecified atom stereocenters. The Morgan fingerprint density at radius 3 is 2.87 bits per heavy atom. The summed E-state index contributed by atoms with van der Waals surface area (Å²) in [5, 5.41) is 8.69. The summed E-state index contributed by atoms with van der Waals surface area (Å²) >= 11 is 0. The third kappa shape index (κ3) is 4.78. The van der Waals surface area contributed by atoms with Crippen LogP contribution in [0.25, 0.3) is 0 Å². The van der Waals surface area contributed by atoms with Gasteiger partial charge in [-0.15, -0.1) is 0 Å². The minimum atomic E-state index is 0.00176. The molecule has 15 heavy (non-hydrogen) atoms. The van der Waals surface area contributed by atoms with E-state index < -0.39 is 0 Å². The Morgan fingerprint density at radius 2 is 2.33 bits per heavy atom. The van der Waals surface area contributed by atoms with E-state index in [0.29, 0.717) is 19.5 Å². The van der Waals surface area contributed by atoms with Crippen LogP contribution in [0.1, 0.15) is 26.7 Å². The smallest absolute Gasteiger partial charge is 0.234 e. The van der Waals surface area contributed by atoms with Gasteiger partial charge in [-0.1, -0.05) is 0 Å². The maximum atomic E-state index is 11.3. The van der Waals surface area contributed by atoms with Crippen molar-refractivity contribution in [2.75, 3.05) is 13.1 Å². The molecule has 0 aliphatic carbocycles. The number of hydrogen-bond acceptors (Lipinski definition) is 3. The molecule has 1 atom stereocenters. The summed E-state index contributed by atoms with van der Waals surface area (Å²) in [5.41, 5.74) is 0. The first kappa shape index (κ1) is 12.0. The van der Waals surface area contributed by atoms with Gasteiger partial charge in [-0.2, -0.15) is 0 Å². The molecular weight excluding hydrogens is 194 g/mol. The predicted octanol–water partition coefficient (Wildman–Crippen LogP) is -0.621. The molecule has 0 radical (unpaired) electrons. The quantitative estimate of drug-likeness (QED) is 0.583. The standard InChI is InChI=1S/C10H19N3O2/c1-7(2)13-10(15)6-11-8-3-4-9(14)12-5-8/h7-8,11H,3-6H2,1-2H3,(H,12,14)(H,13,15). The minimum absolute atomic E-state index is 0.00176. The van der Waals surface area contributed by atoms with Crippen molar-refractivity contribution in [2.45, 2.75) is 38.8 Å². The second-order valence-corrected chi connectivity index (χ2v) is 4.14. The fourth-order valence-electron chi connectivity index (χ4n) is 1.52. The van der Waals surface area contributed by atoms with E-state index in [1.165, 1.54) is 0 Å². The van der Waals surface area contributed by atoms with Crippen molar-refractivity contribution >= 4 is 11.8 Å². The third-order valence-corrected chi connectivity index (χ3v) is 2.27. The number of piperidine rings is 1. The molecule has 1 aliphatic heterocycles. The van der Waals surface area contributed by atoms with Gasteiger partial charge in [0.15, 0.2) is 0 Å². The first-order chi connectivity index (χ1) is 7.08. The number of amides is 2. The van der Waals surface area contributed by atoms with Gasteiger partial charge < -0.3 is 16.0 Å². The van der Waals surface area contributed by atoms with Gasteiger partial charge in [0.25, 0.3) is 0 Å². The summed E-state index contributed by atoms with van der Waals surface area (Å²) in [7, 11) is 0. The zero-order valence-electron chi connectivity index (χ0n) is 9.30. The van der Waals surface area contributed by atoms with E-state index in [1.54, 1.807) is 0 Å². The first-order valence-corrected chi connectivity index (χ1v) is 5.37. The molecule has 0 saturated carbocycles. The van der Waals surface area contributed by atoms with Crippen LogP contribution in [0.2, 0.25) is 0 Å². The number of carbonyl (C=O) groups excluding carboxylic acids is 2. The molecule has 1 aliphatic rings. The molecule has 0 aromatic carbocycles. The minimum Gasteiger partial charge on any atom is -0.355 e. The lowest BCUT2D eigenvalue weighted by atomic mass is 10.1. The molecule has 5 nitrogen and oxygen atoms in total. The number of carbonyl (C=O) groups is 2. The lowest BCUT2D eigenvalue weighted by Crippen LogP contribution is -2.49. The molecule has 3 N–H and O–H groups in total. The van der Waals surface area contributed by atoms with Gasteiger partial charge in [0.2, 0.25) is 11.8 Å². The largest absolute Gasteiger partial charge is 0.355 e. The summed E-state index contributed by atoms with van der Waals surface area (Å²) < 4.78 is 0.